The number of ether oxygens (including phenoxy) is 1. The molecule has 0 unspecified atom stereocenters. The van der Waals surface area contributed by atoms with E-state index in [0.29, 0.717) is 15.6 Å². The third-order valence-corrected chi connectivity index (χ3v) is 2.74. The van der Waals surface area contributed by atoms with Crippen molar-refractivity contribution in [3.8, 4) is 0 Å². The van der Waals surface area contributed by atoms with Crippen LogP contribution in [0.15, 0.2) is 29.5 Å². The van der Waals surface area contributed by atoms with E-state index in [2.05, 4.69) is 10.5 Å². The van der Waals surface area contributed by atoms with Crippen molar-refractivity contribution in [2.24, 2.45) is 0 Å². The number of hydrogen-bond acceptors (Lipinski definition) is 4. The maximum Gasteiger partial charge on any atom is 0.380 e. The van der Waals surface area contributed by atoms with Gasteiger partial charge in [0.15, 0.2) is 5.78 Å². The fraction of sp³-hybridized carbons (Fsp3) is 0.200. The second-order valence-corrected chi connectivity index (χ2v) is 4.85. The molecule has 0 radical (unpaired) electrons. The molecule has 0 atom stereocenters. The first-order chi connectivity index (χ1) is 9.85. The summed E-state index contributed by atoms with van der Waals surface area (Å²) < 4.78 is 4.57. The molecule has 0 saturated heterocycles. The largest absolute Gasteiger partial charge is 0.460 e. The Hall–Kier alpha value is -1.87. The van der Waals surface area contributed by atoms with Gasteiger partial charge in [-0.05, 0) is 43.7 Å². The summed E-state index contributed by atoms with van der Waals surface area (Å²) in [5, 5.41) is 0.799. The van der Waals surface area contributed by atoms with E-state index in [1.165, 1.54) is 6.08 Å². The number of Topliss-reactive ketones (excluding diaryl/α,β-unsaturated/α-hetero) is 2. The van der Waals surface area contributed by atoms with Crippen LogP contribution < -0.4 is 0 Å². The minimum absolute atomic E-state index is 0.0450. The summed E-state index contributed by atoms with van der Waals surface area (Å²) in [5.74, 6) is -2.71. The maximum atomic E-state index is 11.8. The number of ketones is 2. The molecule has 6 heteroatoms. The zero-order valence-corrected chi connectivity index (χ0v) is 12.9. The highest BCUT2D eigenvalue weighted by atomic mass is 35.5. The summed E-state index contributed by atoms with van der Waals surface area (Å²) in [6.07, 6.45) is 1.35. The van der Waals surface area contributed by atoms with Gasteiger partial charge in [0.25, 0.3) is 5.78 Å². The molecule has 0 fully saturated rings. The van der Waals surface area contributed by atoms with Gasteiger partial charge in [-0.2, -0.15) is 0 Å². The van der Waals surface area contributed by atoms with Crippen LogP contribution in [0.3, 0.4) is 0 Å². The van der Waals surface area contributed by atoms with Gasteiger partial charge in [0.1, 0.15) is 5.57 Å². The summed E-state index contributed by atoms with van der Waals surface area (Å²) in [7, 11) is 0. The van der Waals surface area contributed by atoms with Crippen LogP contribution in [0.1, 0.15) is 19.4 Å². The average molecular weight is 327 g/mol. The number of benzene rings is 1. The molecule has 0 spiro atoms. The zero-order valence-electron chi connectivity index (χ0n) is 11.4. The number of rotatable bonds is 5. The Bertz CT molecular complexity index is 635. The number of halogens is 2. The molecule has 1 aromatic rings. The third-order valence-electron chi connectivity index (χ3n) is 2.31. The SMILES string of the molecule is CCOC(=O)C(=O)C(=C=Cc1cc(Cl)cc(Cl)c1)C(C)=O. The van der Waals surface area contributed by atoms with E-state index >= 15 is 0 Å². The lowest BCUT2D eigenvalue weighted by molar-refractivity contribution is -0.152. The van der Waals surface area contributed by atoms with Crippen molar-refractivity contribution in [3.63, 3.8) is 0 Å². The van der Waals surface area contributed by atoms with Crippen molar-refractivity contribution in [2.75, 3.05) is 6.61 Å². The molecule has 0 amide bonds. The molecule has 4 nitrogen and oxygen atoms in total. The minimum Gasteiger partial charge on any atom is -0.460 e. The molecule has 0 aliphatic rings. The molecule has 0 aromatic heterocycles. The van der Waals surface area contributed by atoms with Crippen LogP contribution >= 0.6 is 23.2 Å². The van der Waals surface area contributed by atoms with Crippen LogP contribution in [0.25, 0.3) is 6.08 Å². The monoisotopic (exact) mass is 326 g/mol. The van der Waals surface area contributed by atoms with Crippen molar-refractivity contribution >= 4 is 46.8 Å². The van der Waals surface area contributed by atoms with E-state index in [0.717, 1.165) is 6.92 Å². The van der Waals surface area contributed by atoms with Crippen LogP contribution in [-0.4, -0.2) is 24.1 Å². The van der Waals surface area contributed by atoms with E-state index < -0.39 is 17.5 Å². The molecule has 1 aromatic carbocycles. The summed E-state index contributed by atoms with van der Waals surface area (Å²) >= 11 is 11.7. The van der Waals surface area contributed by atoms with E-state index in [4.69, 9.17) is 23.2 Å². The van der Waals surface area contributed by atoms with E-state index in [9.17, 15) is 14.4 Å². The molecular weight excluding hydrogens is 315 g/mol. The van der Waals surface area contributed by atoms with Gasteiger partial charge in [0.05, 0.1) is 6.61 Å². The van der Waals surface area contributed by atoms with Gasteiger partial charge in [-0.3, -0.25) is 9.59 Å². The normalized spacial score (nSPS) is 9.52. The standard InChI is InChI=1S/C15H12Cl2O4/c1-3-21-15(20)14(19)13(9(2)18)5-4-10-6-11(16)8-12(17)7-10/h4,6-8H,3H2,1-2H3. The van der Waals surface area contributed by atoms with Crippen molar-refractivity contribution in [3.05, 3.63) is 45.1 Å². The minimum atomic E-state index is -1.09. The molecule has 0 heterocycles. The van der Waals surface area contributed by atoms with Crippen molar-refractivity contribution < 1.29 is 19.1 Å². The number of carbonyl (C=O) groups is 3. The summed E-state index contributed by atoms with van der Waals surface area (Å²) in [6.45, 7) is 2.77. The fourth-order valence-corrected chi connectivity index (χ4v) is 1.98. The molecule has 0 saturated carbocycles. The fourth-order valence-electron chi connectivity index (χ4n) is 1.44. The highest BCUT2D eigenvalue weighted by Crippen LogP contribution is 2.19. The van der Waals surface area contributed by atoms with Crippen LogP contribution in [-0.2, 0) is 19.1 Å². The van der Waals surface area contributed by atoms with Gasteiger partial charge in [-0.1, -0.05) is 23.2 Å². The van der Waals surface area contributed by atoms with E-state index in [-0.39, 0.29) is 12.2 Å². The Balaban J connectivity index is 3.21. The van der Waals surface area contributed by atoms with Gasteiger partial charge in [-0.25, -0.2) is 4.79 Å². The Morgan fingerprint density at radius 3 is 2.24 bits per heavy atom. The van der Waals surface area contributed by atoms with Crippen LogP contribution in [0.5, 0.6) is 0 Å². The second kappa shape index (κ2) is 7.79. The quantitative estimate of drug-likeness (QED) is 0.208. The first-order valence-electron chi connectivity index (χ1n) is 6.00. The molecule has 21 heavy (non-hydrogen) atoms. The molecule has 0 aliphatic carbocycles. The maximum absolute atomic E-state index is 11.8. The highest BCUT2D eigenvalue weighted by molar-refractivity contribution is 6.47. The molecule has 1 rings (SSSR count). The van der Waals surface area contributed by atoms with Crippen LogP contribution in [0.4, 0.5) is 0 Å². The Labute approximate surface area is 132 Å². The van der Waals surface area contributed by atoms with E-state index in [1.807, 2.05) is 0 Å². The van der Waals surface area contributed by atoms with Gasteiger partial charge >= 0.3 is 5.97 Å². The number of carbonyl (C=O) groups excluding carboxylic acids is 3. The van der Waals surface area contributed by atoms with Gasteiger partial charge in [0.2, 0.25) is 0 Å². The van der Waals surface area contributed by atoms with Crippen LogP contribution in [0.2, 0.25) is 10.0 Å². The smallest absolute Gasteiger partial charge is 0.380 e. The first kappa shape index (κ1) is 17.2. The van der Waals surface area contributed by atoms with Crippen molar-refractivity contribution in [1.82, 2.24) is 0 Å². The molecule has 0 bridgehead atoms. The summed E-state index contributed by atoms with van der Waals surface area (Å²) in [5.41, 5.74) is 2.66. The highest BCUT2D eigenvalue weighted by Gasteiger charge is 2.23. The topological polar surface area (TPSA) is 60.4 Å². The molecular formula is C15H12Cl2O4. The molecule has 0 N–H and O–H groups in total. The van der Waals surface area contributed by atoms with Gasteiger partial charge in [-0.15, -0.1) is 5.73 Å². The van der Waals surface area contributed by atoms with E-state index in [1.54, 1.807) is 25.1 Å². The Morgan fingerprint density at radius 2 is 1.76 bits per heavy atom. The zero-order chi connectivity index (χ0) is 16.0. The number of esters is 1. The lowest BCUT2D eigenvalue weighted by atomic mass is 10.1. The third kappa shape index (κ3) is 5.20. The van der Waals surface area contributed by atoms with Gasteiger partial charge < -0.3 is 4.74 Å². The summed E-state index contributed by atoms with van der Waals surface area (Å²) in [4.78, 5) is 34.6. The second-order valence-electron chi connectivity index (χ2n) is 3.97. The number of hydrogen-bond donors (Lipinski definition) is 0. The Morgan fingerprint density at radius 1 is 1.19 bits per heavy atom. The Kier molecular flexibility index (Phi) is 6.38. The summed E-state index contributed by atoms with van der Waals surface area (Å²) in [6, 6.07) is 4.69. The molecule has 0 aliphatic heterocycles. The van der Waals surface area contributed by atoms with Crippen molar-refractivity contribution in [2.45, 2.75) is 13.8 Å². The van der Waals surface area contributed by atoms with Gasteiger partial charge in [0, 0.05) is 10.0 Å². The lowest BCUT2D eigenvalue weighted by Crippen LogP contribution is -2.22. The first-order valence-corrected chi connectivity index (χ1v) is 6.76. The predicted molar refractivity (Wildman–Crippen MR) is 80.3 cm³/mol. The van der Waals surface area contributed by atoms with Crippen molar-refractivity contribution in [1.29, 1.82) is 0 Å². The average Bonchev–Trinajstić information content (AvgIpc) is 2.37. The molecule has 110 valence electrons. The van der Waals surface area contributed by atoms with Crippen LogP contribution in [0, 0.1) is 0 Å². The lowest BCUT2D eigenvalue weighted by Gasteiger charge is -2.00. The predicted octanol–water partition coefficient (Wildman–Crippen LogP) is 3.25.